The molecule has 0 spiro atoms. The Bertz CT molecular complexity index is 555. The van der Waals surface area contributed by atoms with Crippen molar-refractivity contribution in [3.63, 3.8) is 0 Å². The van der Waals surface area contributed by atoms with Gasteiger partial charge in [-0.2, -0.15) is 4.98 Å². The van der Waals surface area contributed by atoms with E-state index in [1.165, 1.54) is 12.8 Å². The van der Waals surface area contributed by atoms with Crippen LogP contribution in [0.2, 0.25) is 0 Å². The maximum absolute atomic E-state index is 6.36. The lowest BCUT2D eigenvalue weighted by molar-refractivity contribution is 0.223. The van der Waals surface area contributed by atoms with E-state index < -0.39 is 0 Å². The topological polar surface area (TPSA) is 77.8 Å². The number of halogens is 1. The second-order valence-electron chi connectivity index (χ2n) is 5.50. The van der Waals surface area contributed by atoms with Gasteiger partial charge in [-0.05, 0) is 31.9 Å². The predicted octanol–water partition coefficient (Wildman–Crippen LogP) is 2.93. The largest absolute Gasteiger partial charge is 0.339 e. The Balaban J connectivity index is 0.00000147. The predicted molar refractivity (Wildman–Crippen MR) is 78.6 cm³/mol. The van der Waals surface area contributed by atoms with Gasteiger partial charge in [0.05, 0.1) is 5.92 Å². The SMILES string of the molecule is CC1(N)CCCCC1c1nc(-c2cccnc2)no1.Cl. The average Bonchev–Trinajstić information content (AvgIpc) is 2.88. The first-order valence-electron chi connectivity index (χ1n) is 6.70. The molecule has 2 aromatic rings. The van der Waals surface area contributed by atoms with Crippen LogP contribution in [0.4, 0.5) is 0 Å². The summed E-state index contributed by atoms with van der Waals surface area (Å²) < 4.78 is 5.43. The number of aromatic nitrogens is 3. The van der Waals surface area contributed by atoms with Gasteiger partial charge in [0.25, 0.3) is 0 Å². The number of hydrogen-bond acceptors (Lipinski definition) is 5. The van der Waals surface area contributed by atoms with Gasteiger partial charge < -0.3 is 10.3 Å². The Labute approximate surface area is 124 Å². The molecule has 0 aliphatic heterocycles. The number of rotatable bonds is 2. The number of nitrogens with two attached hydrogens (primary N) is 1. The summed E-state index contributed by atoms with van der Waals surface area (Å²) in [5.74, 6) is 1.40. The van der Waals surface area contributed by atoms with Crippen LogP contribution in [0.5, 0.6) is 0 Å². The first-order valence-corrected chi connectivity index (χ1v) is 6.70. The van der Waals surface area contributed by atoms with E-state index in [-0.39, 0.29) is 23.9 Å². The lowest BCUT2D eigenvalue weighted by Crippen LogP contribution is -2.44. The minimum absolute atomic E-state index is 0. The van der Waals surface area contributed by atoms with Crippen molar-refractivity contribution in [3.8, 4) is 11.4 Å². The molecule has 1 aliphatic rings. The molecule has 0 aromatic carbocycles. The van der Waals surface area contributed by atoms with Crippen molar-refractivity contribution in [2.45, 2.75) is 44.1 Å². The van der Waals surface area contributed by atoms with Gasteiger partial charge in [0, 0.05) is 23.5 Å². The molecule has 2 unspecified atom stereocenters. The van der Waals surface area contributed by atoms with E-state index in [9.17, 15) is 0 Å². The number of pyridine rings is 1. The quantitative estimate of drug-likeness (QED) is 0.921. The summed E-state index contributed by atoms with van der Waals surface area (Å²) in [6.45, 7) is 2.07. The summed E-state index contributed by atoms with van der Waals surface area (Å²) in [5, 5.41) is 4.05. The van der Waals surface area contributed by atoms with Crippen molar-refractivity contribution in [1.82, 2.24) is 15.1 Å². The van der Waals surface area contributed by atoms with Crippen LogP contribution in [0.1, 0.15) is 44.4 Å². The number of hydrogen-bond donors (Lipinski definition) is 1. The standard InChI is InChI=1S/C14H18N4O.ClH/c1-14(15)7-3-2-6-11(14)13-17-12(18-19-13)10-5-4-8-16-9-10;/h4-5,8-9,11H,2-3,6-7,15H2,1H3;1H. The molecule has 2 N–H and O–H groups in total. The second-order valence-corrected chi connectivity index (χ2v) is 5.50. The molecular weight excluding hydrogens is 276 g/mol. The minimum Gasteiger partial charge on any atom is -0.339 e. The van der Waals surface area contributed by atoms with Crippen molar-refractivity contribution in [3.05, 3.63) is 30.4 Å². The van der Waals surface area contributed by atoms with E-state index in [1.54, 1.807) is 12.4 Å². The van der Waals surface area contributed by atoms with Crippen molar-refractivity contribution < 1.29 is 4.52 Å². The maximum Gasteiger partial charge on any atom is 0.231 e. The second kappa shape index (κ2) is 5.89. The lowest BCUT2D eigenvalue weighted by atomic mass is 9.74. The molecule has 0 bridgehead atoms. The molecule has 20 heavy (non-hydrogen) atoms. The molecule has 3 rings (SSSR count). The molecule has 1 aliphatic carbocycles. The summed E-state index contributed by atoms with van der Waals surface area (Å²) in [6, 6.07) is 3.78. The molecule has 108 valence electrons. The van der Waals surface area contributed by atoms with E-state index in [0.29, 0.717) is 11.7 Å². The van der Waals surface area contributed by atoms with Crippen LogP contribution in [-0.4, -0.2) is 20.7 Å². The fraction of sp³-hybridized carbons (Fsp3) is 0.500. The minimum atomic E-state index is -0.253. The van der Waals surface area contributed by atoms with Crippen LogP contribution in [0, 0.1) is 0 Å². The molecule has 0 saturated heterocycles. The Kier molecular flexibility index (Phi) is 4.40. The van der Waals surface area contributed by atoms with E-state index in [4.69, 9.17) is 10.3 Å². The summed E-state index contributed by atoms with van der Waals surface area (Å²) >= 11 is 0. The molecule has 0 amide bonds. The van der Waals surface area contributed by atoms with Crippen molar-refractivity contribution in [1.29, 1.82) is 0 Å². The molecule has 6 heteroatoms. The highest BCUT2D eigenvalue weighted by atomic mass is 35.5. The Morgan fingerprint density at radius 3 is 2.95 bits per heavy atom. The van der Waals surface area contributed by atoms with Gasteiger partial charge in [-0.25, -0.2) is 0 Å². The van der Waals surface area contributed by atoms with Gasteiger partial charge in [0.15, 0.2) is 0 Å². The van der Waals surface area contributed by atoms with Crippen LogP contribution in [0.25, 0.3) is 11.4 Å². The third-order valence-corrected chi connectivity index (χ3v) is 3.91. The van der Waals surface area contributed by atoms with Gasteiger partial charge in [0.1, 0.15) is 0 Å². The summed E-state index contributed by atoms with van der Waals surface area (Å²) in [4.78, 5) is 8.57. The van der Waals surface area contributed by atoms with Crippen molar-refractivity contribution >= 4 is 12.4 Å². The Morgan fingerprint density at radius 1 is 1.40 bits per heavy atom. The van der Waals surface area contributed by atoms with Gasteiger partial charge in [-0.3, -0.25) is 4.98 Å². The summed E-state index contributed by atoms with van der Waals surface area (Å²) in [5.41, 5.74) is 6.98. The Hall–Kier alpha value is -1.46. The fourth-order valence-corrected chi connectivity index (χ4v) is 2.75. The molecular formula is C14H19ClN4O. The first kappa shape index (κ1) is 14.9. The van der Waals surface area contributed by atoms with Crippen LogP contribution in [0.15, 0.2) is 29.0 Å². The van der Waals surface area contributed by atoms with Gasteiger partial charge in [-0.1, -0.05) is 18.0 Å². The van der Waals surface area contributed by atoms with Crippen LogP contribution in [0.3, 0.4) is 0 Å². The van der Waals surface area contributed by atoms with Crippen molar-refractivity contribution in [2.24, 2.45) is 5.73 Å². The van der Waals surface area contributed by atoms with Crippen LogP contribution >= 0.6 is 12.4 Å². The smallest absolute Gasteiger partial charge is 0.231 e. The van der Waals surface area contributed by atoms with Gasteiger partial charge in [0.2, 0.25) is 11.7 Å². The molecule has 2 atom stereocenters. The lowest BCUT2D eigenvalue weighted by Gasteiger charge is -2.35. The third-order valence-electron chi connectivity index (χ3n) is 3.91. The monoisotopic (exact) mass is 294 g/mol. The zero-order valence-corrected chi connectivity index (χ0v) is 12.3. The molecule has 2 aromatic heterocycles. The normalized spacial score (nSPS) is 26.0. The molecule has 1 saturated carbocycles. The van der Waals surface area contributed by atoms with E-state index in [1.807, 2.05) is 12.1 Å². The average molecular weight is 295 g/mol. The maximum atomic E-state index is 6.36. The highest BCUT2D eigenvalue weighted by molar-refractivity contribution is 5.85. The van der Waals surface area contributed by atoms with E-state index in [2.05, 4.69) is 22.0 Å². The van der Waals surface area contributed by atoms with Gasteiger partial charge in [-0.15, -0.1) is 12.4 Å². The zero-order chi connectivity index (χ0) is 13.3. The molecule has 2 heterocycles. The summed E-state index contributed by atoms with van der Waals surface area (Å²) in [7, 11) is 0. The highest BCUT2D eigenvalue weighted by Gasteiger charge is 2.37. The fourth-order valence-electron chi connectivity index (χ4n) is 2.75. The van der Waals surface area contributed by atoms with Gasteiger partial charge >= 0.3 is 0 Å². The summed E-state index contributed by atoms with van der Waals surface area (Å²) in [6.07, 6.45) is 7.82. The molecule has 5 nitrogen and oxygen atoms in total. The molecule has 1 fully saturated rings. The molecule has 0 radical (unpaired) electrons. The number of nitrogens with zero attached hydrogens (tertiary/aromatic N) is 3. The van der Waals surface area contributed by atoms with E-state index in [0.717, 1.165) is 18.4 Å². The third kappa shape index (κ3) is 2.83. The highest BCUT2D eigenvalue weighted by Crippen LogP contribution is 2.38. The Morgan fingerprint density at radius 2 is 2.25 bits per heavy atom. The van der Waals surface area contributed by atoms with Crippen LogP contribution in [-0.2, 0) is 0 Å². The van der Waals surface area contributed by atoms with E-state index >= 15 is 0 Å². The van der Waals surface area contributed by atoms with Crippen molar-refractivity contribution in [2.75, 3.05) is 0 Å². The first-order chi connectivity index (χ1) is 9.17. The zero-order valence-electron chi connectivity index (χ0n) is 11.5. The van der Waals surface area contributed by atoms with Crippen LogP contribution < -0.4 is 5.73 Å².